The van der Waals surface area contributed by atoms with Crippen molar-refractivity contribution in [2.75, 3.05) is 0 Å². The lowest BCUT2D eigenvalue weighted by Gasteiger charge is -2.11. The van der Waals surface area contributed by atoms with E-state index in [1.54, 1.807) is 0 Å². The van der Waals surface area contributed by atoms with E-state index in [9.17, 15) is 18.0 Å². The summed E-state index contributed by atoms with van der Waals surface area (Å²) < 4.78 is 34.9. The summed E-state index contributed by atoms with van der Waals surface area (Å²) >= 11 is 0. The van der Waals surface area contributed by atoms with Gasteiger partial charge in [0.1, 0.15) is 0 Å². The van der Waals surface area contributed by atoms with Gasteiger partial charge in [0.05, 0.1) is 5.41 Å². The van der Waals surface area contributed by atoms with Gasteiger partial charge < -0.3 is 5.11 Å². The Morgan fingerprint density at radius 2 is 1.50 bits per heavy atom. The van der Waals surface area contributed by atoms with Crippen LogP contribution in [0.3, 0.4) is 0 Å². The lowest BCUT2D eigenvalue weighted by molar-refractivity contribution is -0.181. The molecule has 1 N–H and O–H groups in total. The zero-order valence-corrected chi connectivity index (χ0v) is 12.6. The number of rotatable bonds is 8. The molecule has 1 aliphatic rings. The average Bonchev–Trinajstić information content (AvgIpc) is 3.07. The summed E-state index contributed by atoms with van der Waals surface area (Å²) in [4.78, 5) is 10.1. The molecule has 0 spiro atoms. The highest BCUT2D eigenvalue weighted by atomic mass is 19.4. The van der Waals surface area contributed by atoms with Crippen molar-refractivity contribution in [3.8, 4) is 0 Å². The number of carboxylic acids is 1. The Kier molecular flexibility index (Phi) is 8.90. The van der Waals surface area contributed by atoms with Crippen LogP contribution in [-0.2, 0) is 4.79 Å². The van der Waals surface area contributed by atoms with E-state index < -0.39 is 17.6 Å². The number of halogens is 3. The normalized spacial score (nSPS) is 16.2. The summed E-state index contributed by atoms with van der Waals surface area (Å²) in [7, 11) is 0. The second kappa shape index (κ2) is 9.24. The number of hydrogen-bond donors (Lipinski definition) is 1. The summed E-state index contributed by atoms with van der Waals surface area (Å²) in [5.41, 5.74) is -1.31. The summed E-state index contributed by atoms with van der Waals surface area (Å²) in [6.07, 6.45) is 5.32. The van der Waals surface area contributed by atoms with Crippen molar-refractivity contribution in [3.05, 3.63) is 0 Å². The van der Waals surface area contributed by atoms with E-state index >= 15 is 0 Å². The van der Waals surface area contributed by atoms with Gasteiger partial charge in [0.15, 0.2) is 0 Å². The largest absolute Gasteiger partial charge is 0.481 e. The van der Waals surface area contributed by atoms with E-state index in [0.29, 0.717) is 19.3 Å². The highest BCUT2D eigenvalue weighted by Gasteiger charge is 2.59. The maximum absolute atomic E-state index is 11.6. The molecule has 2 nitrogen and oxygen atoms in total. The molecule has 1 rings (SSSR count). The van der Waals surface area contributed by atoms with Crippen LogP contribution < -0.4 is 0 Å². The molecule has 0 atom stereocenters. The van der Waals surface area contributed by atoms with Gasteiger partial charge in [-0.15, -0.1) is 0 Å². The van der Waals surface area contributed by atoms with Gasteiger partial charge in [-0.3, -0.25) is 4.79 Å². The van der Waals surface area contributed by atoms with E-state index in [1.165, 1.54) is 39.0 Å². The molecule has 1 saturated carbocycles. The number of hydrogen-bond acceptors (Lipinski definition) is 1. The maximum Gasteiger partial charge on any atom is 0.394 e. The average molecular weight is 296 g/mol. The Balaban J connectivity index is 0.000000388. The molecule has 0 unspecified atom stereocenters. The predicted molar refractivity (Wildman–Crippen MR) is 73.6 cm³/mol. The van der Waals surface area contributed by atoms with Crippen molar-refractivity contribution >= 4 is 5.97 Å². The van der Waals surface area contributed by atoms with Crippen molar-refractivity contribution in [2.24, 2.45) is 5.41 Å². The topological polar surface area (TPSA) is 37.3 Å². The first-order chi connectivity index (χ1) is 9.23. The molecular weight excluding hydrogens is 269 g/mol. The van der Waals surface area contributed by atoms with Gasteiger partial charge >= 0.3 is 12.1 Å². The fraction of sp³-hybridized carbons (Fsp3) is 0.933. The minimum absolute atomic E-state index is 0.316. The van der Waals surface area contributed by atoms with Crippen molar-refractivity contribution in [1.82, 2.24) is 0 Å². The van der Waals surface area contributed by atoms with Crippen LogP contribution in [0.5, 0.6) is 0 Å². The Bertz CT molecular complexity index is 268. The van der Waals surface area contributed by atoms with Crippen molar-refractivity contribution in [3.63, 3.8) is 0 Å². The highest BCUT2D eigenvalue weighted by Crippen LogP contribution is 2.56. The van der Waals surface area contributed by atoms with Crippen LogP contribution >= 0.6 is 0 Å². The first-order valence-electron chi connectivity index (χ1n) is 7.51. The quantitative estimate of drug-likeness (QED) is 0.595. The SMILES string of the molecule is CC1(C(F)(F)F)CC1.CCCCCCCCCC(=O)O. The van der Waals surface area contributed by atoms with Gasteiger partial charge in [-0.1, -0.05) is 52.4 Å². The minimum Gasteiger partial charge on any atom is -0.481 e. The summed E-state index contributed by atoms with van der Waals surface area (Å²) in [6, 6.07) is 0. The van der Waals surface area contributed by atoms with Crippen molar-refractivity contribution < 1.29 is 23.1 Å². The van der Waals surface area contributed by atoms with Crippen LogP contribution in [0.1, 0.15) is 78.1 Å². The maximum atomic E-state index is 11.6. The van der Waals surface area contributed by atoms with Crippen LogP contribution in [0.2, 0.25) is 0 Å². The molecule has 20 heavy (non-hydrogen) atoms. The third-order valence-electron chi connectivity index (χ3n) is 3.68. The van der Waals surface area contributed by atoms with E-state index in [0.717, 1.165) is 12.8 Å². The molecule has 0 radical (unpaired) electrons. The van der Waals surface area contributed by atoms with E-state index in [-0.39, 0.29) is 0 Å². The second-order valence-corrected chi connectivity index (χ2v) is 5.82. The summed E-state index contributed by atoms with van der Waals surface area (Å²) in [5, 5.41) is 8.35. The van der Waals surface area contributed by atoms with Crippen molar-refractivity contribution in [1.29, 1.82) is 0 Å². The first-order valence-corrected chi connectivity index (χ1v) is 7.51. The Labute approximate surface area is 119 Å². The van der Waals surface area contributed by atoms with Gasteiger partial charge in [0, 0.05) is 6.42 Å². The zero-order valence-electron chi connectivity index (χ0n) is 12.6. The minimum atomic E-state index is -3.95. The third-order valence-corrected chi connectivity index (χ3v) is 3.68. The molecule has 0 aliphatic heterocycles. The Hall–Kier alpha value is -0.740. The molecule has 5 heteroatoms. The monoisotopic (exact) mass is 296 g/mol. The number of unbranched alkanes of at least 4 members (excludes halogenated alkanes) is 6. The molecule has 120 valence electrons. The smallest absolute Gasteiger partial charge is 0.394 e. The van der Waals surface area contributed by atoms with Gasteiger partial charge in [0.25, 0.3) is 0 Å². The van der Waals surface area contributed by atoms with E-state index in [1.807, 2.05) is 0 Å². The van der Waals surface area contributed by atoms with E-state index in [4.69, 9.17) is 5.11 Å². The lowest BCUT2D eigenvalue weighted by Crippen LogP contribution is -2.20. The molecule has 0 heterocycles. The fourth-order valence-electron chi connectivity index (χ4n) is 1.70. The van der Waals surface area contributed by atoms with Crippen LogP contribution in [0.4, 0.5) is 13.2 Å². The number of carbonyl (C=O) groups is 1. The predicted octanol–water partition coefficient (Wildman–Crippen LogP) is 5.56. The van der Waals surface area contributed by atoms with Crippen LogP contribution in [0, 0.1) is 5.41 Å². The molecule has 0 bridgehead atoms. The van der Waals surface area contributed by atoms with Gasteiger partial charge in [0.2, 0.25) is 0 Å². The first kappa shape index (κ1) is 19.3. The van der Waals surface area contributed by atoms with Crippen LogP contribution in [0.25, 0.3) is 0 Å². The Morgan fingerprint density at radius 3 is 1.80 bits per heavy atom. The van der Waals surface area contributed by atoms with Crippen LogP contribution in [-0.4, -0.2) is 17.3 Å². The van der Waals surface area contributed by atoms with Gasteiger partial charge in [-0.25, -0.2) is 0 Å². The number of carboxylic acid groups (broad SMARTS) is 1. The molecule has 1 fully saturated rings. The standard InChI is InChI=1S/C10H20O2.C5H7F3/c1-2-3-4-5-6-7-8-9-10(11)12;1-4(2-3-4)5(6,7)8/h2-9H2,1H3,(H,11,12);2-3H2,1H3. The second-order valence-electron chi connectivity index (χ2n) is 5.82. The fourth-order valence-corrected chi connectivity index (χ4v) is 1.70. The lowest BCUT2D eigenvalue weighted by atomic mass is 10.1. The summed E-state index contributed by atoms with van der Waals surface area (Å²) in [6.45, 7) is 3.46. The third kappa shape index (κ3) is 9.21. The molecule has 0 saturated heterocycles. The number of alkyl halides is 3. The molecule has 0 aromatic carbocycles. The molecule has 0 amide bonds. The Morgan fingerprint density at radius 1 is 1.05 bits per heavy atom. The van der Waals surface area contributed by atoms with Gasteiger partial charge in [-0.2, -0.15) is 13.2 Å². The molecular formula is C15H27F3O2. The zero-order chi connectivity index (χ0) is 15.6. The molecule has 1 aliphatic carbocycles. The van der Waals surface area contributed by atoms with Gasteiger partial charge in [-0.05, 0) is 19.3 Å². The highest BCUT2D eigenvalue weighted by molar-refractivity contribution is 5.66. The van der Waals surface area contributed by atoms with E-state index in [2.05, 4.69) is 6.92 Å². The molecule has 0 aromatic heterocycles. The number of aliphatic carboxylic acids is 1. The van der Waals surface area contributed by atoms with Crippen LogP contribution in [0.15, 0.2) is 0 Å². The van der Waals surface area contributed by atoms with Crippen molar-refractivity contribution in [2.45, 2.75) is 84.2 Å². The summed E-state index contributed by atoms with van der Waals surface area (Å²) in [5.74, 6) is -0.663. The molecule has 0 aromatic rings.